The molecule has 2 aromatic heterocycles. The first-order valence-electron chi connectivity index (χ1n) is 4.24. The molecule has 14 heavy (non-hydrogen) atoms. The maximum Gasteiger partial charge on any atom is 0.143 e. The molecule has 6 nitrogen and oxygen atoms in total. The first kappa shape index (κ1) is 7.57. The standard InChI is InChI=1S/C8H7N5O/c1-2-7(8-4-14-8)9-3-6(1)13-5-10-11-12-13/h1-3,5,8H,4H2/t8-/m1/s1. The molecule has 0 aliphatic carbocycles. The average molecular weight is 189 g/mol. The van der Waals surface area contributed by atoms with Crippen molar-refractivity contribution in [1.29, 1.82) is 0 Å². The Kier molecular flexibility index (Phi) is 1.54. The molecule has 0 aromatic carbocycles. The second-order valence-corrected chi connectivity index (χ2v) is 3.02. The predicted octanol–water partition coefficient (Wildman–Crippen LogP) is 0.129. The molecule has 0 bridgehead atoms. The van der Waals surface area contributed by atoms with Crippen molar-refractivity contribution in [3.05, 3.63) is 30.4 Å². The maximum absolute atomic E-state index is 5.12. The summed E-state index contributed by atoms with van der Waals surface area (Å²) in [5, 5.41) is 10.9. The number of nitrogens with zero attached hydrogens (tertiary/aromatic N) is 5. The van der Waals surface area contributed by atoms with Gasteiger partial charge >= 0.3 is 0 Å². The first-order valence-corrected chi connectivity index (χ1v) is 4.24. The third-order valence-corrected chi connectivity index (χ3v) is 2.05. The van der Waals surface area contributed by atoms with Crippen molar-refractivity contribution in [2.24, 2.45) is 0 Å². The molecule has 0 unspecified atom stereocenters. The summed E-state index contributed by atoms with van der Waals surface area (Å²) in [4.78, 5) is 4.26. The van der Waals surface area contributed by atoms with E-state index in [1.165, 1.54) is 6.33 Å². The summed E-state index contributed by atoms with van der Waals surface area (Å²) in [6, 6.07) is 3.84. The van der Waals surface area contributed by atoms with E-state index in [0.717, 1.165) is 18.0 Å². The molecule has 2 aromatic rings. The number of aromatic nitrogens is 5. The van der Waals surface area contributed by atoms with Crippen molar-refractivity contribution in [3.63, 3.8) is 0 Å². The van der Waals surface area contributed by atoms with E-state index in [0.29, 0.717) is 0 Å². The van der Waals surface area contributed by atoms with Crippen molar-refractivity contribution in [1.82, 2.24) is 25.2 Å². The highest BCUT2D eigenvalue weighted by Crippen LogP contribution is 2.27. The SMILES string of the molecule is c1cc([C@H]2CO2)ncc1-n1cnnn1. The Balaban J connectivity index is 1.93. The minimum atomic E-state index is 0.193. The summed E-state index contributed by atoms with van der Waals surface area (Å²) >= 11 is 0. The molecule has 1 saturated heterocycles. The molecule has 3 rings (SSSR count). The van der Waals surface area contributed by atoms with Gasteiger partial charge in [-0.15, -0.1) is 5.10 Å². The molecule has 3 heterocycles. The minimum Gasteiger partial charge on any atom is -0.366 e. The minimum absolute atomic E-state index is 0.193. The van der Waals surface area contributed by atoms with Crippen LogP contribution in [0.4, 0.5) is 0 Å². The van der Waals surface area contributed by atoms with Crippen LogP contribution in [0.25, 0.3) is 5.69 Å². The van der Waals surface area contributed by atoms with Crippen molar-refractivity contribution in [2.45, 2.75) is 6.10 Å². The van der Waals surface area contributed by atoms with Gasteiger partial charge in [-0.1, -0.05) is 0 Å². The summed E-state index contributed by atoms with van der Waals surface area (Å²) in [7, 11) is 0. The van der Waals surface area contributed by atoms with Gasteiger partial charge in [0.25, 0.3) is 0 Å². The van der Waals surface area contributed by atoms with E-state index in [1.54, 1.807) is 10.9 Å². The molecule has 0 spiro atoms. The lowest BCUT2D eigenvalue weighted by Gasteiger charge is -1.98. The highest BCUT2D eigenvalue weighted by atomic mass is 16.6. The van der Waals surface area contributed by atoms with Crippen LogP contribution in [0.15, 0.2) is 24.7 Å². The van der Waals surface area contributed by atoms with Gasteiger partial charge in [0, 0.05) is 0 Å². The summed E-state index contributed by atoms with van der Waals surface area (Å²) < 4.78 is 6.68. The fraction of sp³-hybridized carbons (Fsp3) is 0.250. The van der Waals surface area contributed by atoms with Crippen LogP contribution in [0.5, 0.6) is 0 Å². The maximum atomic E-state index is 5.12. The molecule has 1 aliphatic heterocycles. The van der Waals surface area contributed by atoms with Crippen molar-refractivity contribution in [2.75, 3.05) is 6.61 Å². The van der Waals surface area contributed by atoms with Crippen LogP contribution in [0.3, 0.4) is 0 Å². The quantitative estimate of drug-likeness (QED) is 0.628. The summed E-state index contributed by atoms with van der Waals surface area (Å²) in [5.41, 5.74) is 1.81. The first-order chi connectivity index (χ1) is 6.93. The van der Waals surface area contributed by atoms with Crippen LogP contribution in [-0.4, -0.2) is 31.8 Å². The number of pyridine rings is 1. The Bertz CT molecular complexity index is 420. The summed E-state index contributed by atoms with van der Waals surface area (Å²) in [6.45, 7) is 0.775. The molecule has 0 amide bonds. The van der Waals surface area contributed by atoms with E-state index >= 15 is 0 Å². The van der Waals surface area contributed by atoms with E-state index in [2.05, 4.69) is 20.5 Å². The van der Waals surface area contributed by atoms with Crippen LogP contribution in [-0.2, 0) is 4.74 Å². The van der Waals surface area contributed by atoms with Gasteiger partial charge in [-0.2, -0.15) is 4.68 Å². The lowest BCUT2D eigenvalue weighted by molar-refractivity contribution is 0.411. The molecule has 6 heteroatoms. The normalized spacial score (nSPS) is 19.6. The van der Waals surface area contributed by atoms with Gasteiger partial charge in [0.05, 0.1) is 24.2 Å². The van der Waals surface area contributed by atoms with Gasteiger partial charge in [0.2, 0.25) is 0 Å². The molecule has 0 saturated carbocycles. The third kappa shape index (κ3) is 1.25. The zero-order valence-electron chi connectivity index (χ0n) is 7.24. The van der Waals surface area contributed by atoms with Crippen LogP contribution in [0.2, 0.25) is 0 Å². The smallest absolute Gasteiger partial charge is 0.143 e. The highest BCUT2D eigenvalue weighted by molar-refractivity contribution is 5.28. The zero-order chi connectivity index (χ0) is 9.38. The molecular weight excluding hydrogens is 182 g/mol. The lowest BCUT2D eigenvalue weighted by atomic mass is 10.3. The van der Waals surface area contributed by atoms with Crippen LogP contribution in [0, 0.1) is 0 Å². The summed E-state index contributed by atoms with van der Waals surface area (Å²) in [5.74, 6) is 0. The number of tetrazole rings is 1. The molecule has 0 N–H and O–H groups in total. The van der Waals surface area contributed by atoms with Gasteiger partial charge in [-0.3, -0.25) is 4.98 Å². The predicted molar refractivity (Wildman–Crippen MR) is 45.6 cm³/mol. The molecule has 70 valence electrons. The second kappa shape index (κ2) is 2.85. The van der Waals surface area contributed by atoms with Crippen molar-refractivity contribution in [3.8, 4) is 5.69 Å². The van der Waals surface area contributed by atoms with E-state index < -0.39 is 0 Å². The molecule has 1 aliphatic rings. The van der Waals surface area contributed by atoms with E-state index in [9.17, 15) is 0 Å². The Morgan fingerprint density at radius 1 is 1.43 bits per heavy atom. The number of hydrogen-bond acceptors (Lipinski definition) is 5. The van der Waals surface area contributed by atoms with E-state index in [4.69, 9.17) is 4.74 Å². The van der Waals surface area contributed by atoms with Gasteiger partial charge in [-0.05, 0) is 22.6 Å². The van der Waals surface area contributed by atoms with Crippen molar-refractivity contribution < 1.29 is 4.74 Å². The van der Waals surface area contributed by atoms with Gasteiger partial charge < -0.3 is 4.74 Å². The number of ether oxygens (including phenoxy) is 1. The second-order valence-electron chi connectivity index (χ2n) is 3.02. The molecule has 0 radical (unpaired) electrons. The largest absolute Gasteiger partial charge is 0.366 e. The molecule has 1 fully saturated rings. The fourth-order valence-corrected chi connectivity index (χ4v) is 1.22. The van der Waals surface area contributed by atoms with E-state index in [-0.39, 0.29) is 6.10 Å². The van der Waals surface area contributed by atoms with Gasteiger partial charge in [0.15, 0.2) is 0 Å². The van der Waals surface area contributed by atoms with Crippen LogP contribution < -0.4 is 0 Å². The molecular formula is C8H7N5O. The zero-order valence-corrected chi connectivity index (χ0v) is 7.24. The monoisotopic (exact) mass is 189 g/mol. The Morgan fingerprint density at radius 2 is 2.36 bits per heavy atom. The van der Waals surface area contributed by atoms with Gasteiger partial charge in [0.1, 0.15) is 12.4 Å². The average Bonchev–Trinajstić information content (AvgIpc) is 2.94. The Hall–Kier alpha value is -1.82. The van der Waals surface area contributed by atoms with E-state index in [1.807, 2.05) is 12.1 Å². The highest BCUT2D eigenvalue weighted by Gasteiger charge is 2.25. The Morgan fingerprint density at radius 3 is 2.93 bits per heavy atom. The van der Waals surface area contributed by atoms with Gasteiger partial charge in [-0.25, -0.2) is 0 Å². The van der Waals surface area contributed by atoms with Crippen molar-refractivity contribution >= 4 is 0 Å². The lowest BCUT2D eigenvalue weighted by Crippen LogP contribution is -1.97. The molecule has 1 atom stereocenters. The number of hydrogen-bond donors (Lipinski definition) is 0. The number of rotatable bonds is 2. The summed E-state index contributed by atoms with van der Waals surface area (Å²) in [6.07, 6.45) is 3.45. The van der Waals surface area contributed by atoms with Crippen LogP contribution >= 0.6 is 0 Å². The third-order valence-electron chi connectivity index (χ3n) is 2.05. The topological polar surface area (TPSA) is 69.0 Å². The van der Waals surface area contributed by atoms with Crippen LogP contribution in [0.1, 0.15) is 11.8 Å². The fourth-order valence-electron chi connectivity index (χ4n) is 1.22. The Labute approximate surface area is 79.5 Å². The number of epoxide rings is 1.